The Kier molecular flexibility index (Phi) is 4.19. The molecule has 0 bridgehead atoms. The Morgan fingerprint density at radius 3 is 2.67 bits per heavy atom. The molecule has 1 aromatic carbocycles. The third-order valence-corrected chi connectivity index (χ3v) is 3.82. The molecule has 1 fully saturated rings. The van der Waals surface area contributed by atoms with Crippen LogP contribution in [0.25, 0.3) is 11.3 Å². The first-order valence-corrected chi connectivity index (χ1v) is 7.49. The zero-order chi connectivity index (χ0) is 14.5. The van der Waals surface area contributed by atoms with Crippen molar-refractivity contribution in [2.75, 3.05) is 18.4 Å². The highest BCUT2D eigenvalue weighted by molar-refractivity contribution is 5.90. The van der Waals surface area contributed by atoms with E-state index in [-0.39, 0.29) is 6.03 Å². The molecule has 0 radical (unpaired) electrons. The minimum atomic E-state index is -0.00124. The summed E-state index contributed by atoms with van der Waals surface area (Å²) in [6.07, 6.45) is 6.36. The maximum atomic E-state index is 12.3. The summed E-state index contributed by atoms with van der Waals surface area (Å²) in [6, 6.07) is 9.72. The lowest BCUT2D eigenvalue weighted by atomic mass is 10.1. The van der Waals surface area contributed by atoms with Crippen molar-refractivity contribution < 1.29 is 4.79 Å². The number of hydrogen-bond acceptors (Lipinski definition) is 2. The zero-order valence-electron chi connectivity index (χ0n) is 12.0. The molecule has 2 N–H and O–H groups in total. The van der Waals surface area contributed by atoms with E-state index in [0.717, 1.165) is 42.9 Å². The minimum Gasteiger partial charge on any atom is -0.325 e. The number of likely N-dealkylation sites (tertiary alicyclic amines) is 1. The molecule has 110 valence electrons. The van der Waals surface area contributed by atoms with Crippen molar-refractivity contribution in [1.82, 2.24) is 15.1 Å². The Morgan fingerprint density at radius 2 is 1.95 bits per heavy atom. The average molecular weight is 284 g/mol. The van der Waals surface area contributed by atoms with Gasteiger partial charge in [-0.05, 0) is 31.0 Å². The first-order valence-electron chi connectivity index (χ1n) is 7.49. The first-order chi connectivity index (χ1) is 10.3. The molecule has 5 heteroatoms. The van der Waals surface area contributed by atoms with Gasteiger partial charge in [0.05, 0.1) is 5.69 Å². The number of nitrogens with one attached hydrogen (secondary N) is 2. The Morgan fingerprint density at radius 1 is 1.14 bits per heavy atom. The van der Waals surface area contributed by atoms with E-state index in [1.807, 2.05) is 35.2 Å². The van der Waals surface area contributed by atoms with Crippen molar-refractivity contribution in [1.29, 1.82) is 0 Å². The number of amides is 2. The molecule has 0 saturated carbocycles. The fourth-order valence-electron chi connectivity index (χ4n) is 2.66. The van der Waals surface area contributed by atoms with Crippen molar-refractivity contribution in [3.63, 3.8) is 0 Å². The molecular weight excluding hydrogens is 264 g/mol. The number of rotatable bonds is 2. The van der Waals surface area contributed by atoms with Crippen LogP contribution in [0.3, 0.4) is 0 Å². The van der Waals surface area contributed by atoms with E-state index in [2.05, 4.69) is 15.5 Å². The Hall–Kier alpha value is -2.30. The second-order valence-corrected chi connectivity index (χ2v) is 5.38. The summed E-state index contributed by atoms with van der Waals surface area (Å²) in [4.78, 5) is 14.2. The van der Waals surface area contributed by atoms with Gasteiger partial charge in [-0.3, -0.25) is 5.10 Å². The molecule has 1 aliphatic heterocycles. The van der Waals surface area contributed by atoms with Crippen LogP contribution in [0.4, 0.5) is 10.5 Å². The topological polar surface area (TPSA) is 61.0 Å². The van der Waals surface area contributed by atoms with Gasteiger partial charge in [0.25, 0.3) is 0 Å². The van der Waals surface area contributed by atoms with Crippen LogP contribution in [0.5, 0.6) is 0 Å². The molecule has 0 aliphatic carbocycles. The smallest absolute Gasteiger partial charge is 0.321 e. The molecular formula is C16H20N4O. The van der Waals surface area contributed by atoms with E-state index >= 15 is 0 Å². The van der Waals surface area contributed by atoms with Gasteiger partial charge in [0.15, 0.2) is 0 Å². The van der Waals surface area contributed by atoms with Crippen molar-refractivity contribution >= 4 is 11.7 Å². The van der Waals surface area contributed by atoms with Crippen LogP contribution in [-0.4, -0.2) is 34.2 Å². The van der Waals surface area contributed by atoms with Gasteiger partial charge in [0, 0.05) is 30.5 Å². The Balaban J connectivity index is 1.69. The van der Waals surface area contributed by atoms with Crippen molar-refractivity contribution in [3.05, 3.63) is 36.5 Å². The summed E-state index contributed by atoms with van der Waals surface area (Å²) >= 11 is 0. The maximum Gasteiger partial charge on any atom is 0.321 e. The van der Waals surface area contributed by atoms with E-state index in [1.54, 1.807) is 6.20 Å². The summed E-state index contributed by atoms with van der Waals surface area (Å²) in [5.41, 5.74) is 2.78. The number of aromatic amines is 1. The van der Waals surface area contributed by atoms with E-state index in [9.17, 15) is 4.79 Å². The molecule has 21 heavy (non-hydrogen) atoms. The number of nitrogens with zero attached hydrogens (tertiary/aromatic N) is 2. The normalized spacial score (nSPS) is 15.5. The van der Waals surface area contributed by atoms with Gasteiger partial charge in [-0.25, -0.2) is 4.79 Å². The van der Waals surface area contributed by atoms with Gasteiger partial charge in [0.1, 0.15) is 0 Å². The van der Waals surface area contributed by atoms with Gasteiger partial charge in [-0.1, -0.05) is 25.0 Å². The van der Waals surface area contributed by atoms with Crippen LogP contribution < -0.4 is 5.32 Å². The number of hydrogen-bond donors (Lipinski definition) is 2. The summed E-state index contributed by atoms with van der Waals surface area (Å²) in [5, 5.41) is 9.88. The monoisotopic (exact) mass is 284 g/mol. The predicted octanol–water partition coefficient (Wildman–Crippen LogP) is 3.48. The number of H-pyrrole nitrogens is 1. The molecule has 0 unspecified atom stereocenters. The zero-order valence-corrected chi connectivity index (χ0v) is 12.0. The summed E-state index contributed by atoms with van der Waals surface area (Å²) in [7, 11) is 0. The highest BCUT2D eigenvalue weighted by Crippen LogP contribution is 2.21. The minimum absolute atomic E-state index is 0.00124. The van der Waals surface area contributed by atoms with Gasteiger partial charge < -0.3 is 10.2 Å². The van der Waals surface area contributed by atoms with Crippen LogP contribution in [0.1, 0.15) is 25.7 Å². The second-order valence-electron chi connectivity index (χ2n) is 5.38. The molecule has 1 aromatic heterocycles. The van der Waals surface area contributed by atoms with E-state index < -0.39 is 0 Å². The van der Waals surface area contributed by atoms with Crippen LogP contribution >= 0.6 is 0 Å². The number of urea groups is 1. The molecule has 5 nitrogen and oxygen atoms in total. The number of carbonyl (C=O) groups is 1. The number of benzene rings is 1. The Labute approximate surface area is 124 Å². The quantitative estimate of drug-likeness (QED) is 0.886. The van der Waals surface area contributed by atoms with Crippen molar-refractivity contribution in [2.24, 2.45) is 0 Å². The van der Waals surface area contributed by atoms with Crippen molar-refractivity contribution in [3.8, 4) is 11.3 Å². The molecule has 2 aromatic rings. The molecule has 1 saturated heterocycles. The highest BCUT2D eigenvalue weighted by atomic mass is 16.2. The van der Waals surface area contributed by atoms with Crippen LogP contribution in [0.15, 0.2) is 36.5 Å². The average Bonchev–Trinajstić information content (AvgIpc) is 2.90. The van der Waals surface area contributed by atoms with Gasteiger partial charge in [-0.15, -0.1) is 0 Å². The van der Waals surface area contributed by atoms with Crippen LogP contribution in [-0.2, 0) is 0 Å². The first kappa shape index (κ1) is 13.7. The molecule has 2 heterocycles. The summed E-state index contributed by atoms with van der Waals surface area (Å²) < 4.78 is 0. The van der Waals surface area contributed by atoms with E-state index in [0.29, 0.717) is 0 Å². The predicted molar refractivity (Wildman–Crippen MR) is 83.1 cm³/mol. The van der Waals surface area contributed by atoms with Gasteiger partial charge in [0.2, 0.25) is 0 Å². The van der Waals surface area contributed by atoms with Gasteiger partial charge >= 0.3 is 6.03 Å². The lowest BCUT2D eigenvalue weighted by Gasteiger charge is -2.20. The lowest BCUT2D eigenvalue weighted by molar-refractivity contribution is 0.214. The molecule has 3 rings (SSSR count). The third-order valence-electron chi connectivity index (χ3n) is 3.82. The molecule has 1 aliphatic rings. The summed E-state index contributed by atoms with van der Waals surface area (Å²) in [5.74, 6) is 0. The molecule has 0 atom stereocenters. The van der Waals surface area contributed by atoms with Crippen LogP contribution in [0, 0.1) is 0 Å². The SMILES string of the molecule is O=C(Nc1cccc(-c2ccn[nH]2)c1)N1CCCCCC1. The molecule has 0 spiro atoms. The standard InChI is InChI=1S/C16H20N4O/c21-16(20-10-3-1-2-4-11-20)18-14-7-5-6-13(12-14)15-8-9-17-19-15/h5-9,12H,1-4,10-11H2,(H,17,19)(H,18,21). The van der Waals surface area contributed by atoms with E-state index in [1.165, 1.54) is 12.8 Å². The highest BCUT2D eigenvalue weighted by Gasteiger charge is 2.15. The van der Waals surface area contributed by atoms with Crippen LogP contribution in [0.2, 0.25) is 0 Å². The fourth-order valence-corrected chi connectivity index (χ4v) is 2.66. The molecule has 2 amide bonds. The third kappa shape index (κ3) is 3.42. The number of carbonyl (C=O) groups excluding carboxylic acids is 1. The Bertz CT molecular complexity index is 586. The summed E-state index contributed by atoms with van der Waals surface area (Å²) in [6.45, 7) is 1.71. The maximum absolute atomic E-state index is 12.3. The number of aromatic nitrogens is 2. The van der Waals surface area contributed by atoms with Gasteiger partial charge in [-0.2, -0.15) is 5.10 Å². The van der Waals surface area contributed by atoms with E-state index in [4.69, 9.17) is 0 Å². The fraction of sp³-hybridized carbons (Fsp3) is 0.375. The largest absolute Gasteiger partial charge is 0.325 e. The number of anilines is 1. The van der Waals surface area contributed by atoms with Crippen molar-refractivity contribution in [2.45, 2.75) is 25.7 Å². The second kappa shape index (κ2) is 6.43. The lowest BCUT2D eigenvalue weighted by Crippen LogP contribution is -2.35.